The van der Waals surface area contributed by atoms with Crippen molar-refractivity contribution < 1.29 is 8.42 Å². The van der Waals surface area contributed by atoms with E-state index in [0.29, 0.717) is 24.0 Å². The zero-order chi connectivity index (χ0) is 14.9. The summed E-state index contributed by atoms with van der Waals surface area (Å²) < 4.78 is 28.9. The Bertz CT molecular complexity index is 586. The van der Waals surface area contributed by atoms with Crippen LogP contribution in [0.25, 0.3) is 0 Å². The quantitative estimate of drug-likeness (QED) is 0.781. The minimum atomic E-state index is -3.49. The number of hydrogen-bond donors (Lipinski definition) is 1. The van der Waals surface area contributed by atoms with Gasteiger partial charge in [0.05, 0.1) is 0 Å². The zero-order valence-corrected chi connectivity index (χ0v) is 12.9. The largest absolute Gasteiger partial charge is 0.346 e. The van der Waals surface area contributed by atoms with Crippen molar-refractivity contribution in [1.82, 2.24) is 8.87 Å². The SMILES string of the molecule is C=CCN(C(C)C)S(=O)(=O)c1cc(CN)n(C2CC2)c1. The van der Waals surface area contributed by atoms with Gasteiger partial charge in [0.1, 0.15) is 4.90 Å². The van der Waals surface area contributed by atoms with E-state index in [4.69, 9.17) is 5.73 Å². The summed E-state index contributed by atoms with van der Waals surface area (Å²) in [6.45, 7) is 8.03. The van der Waals surface area contributed by atoms with Gasteiger partial charge in [-0.3, -0.25) is 0 Å². The van der Waals surface area contributed by atoms with Crippen LogP contribution in [0.4, 0.5) is 0 Å². The maximum absolute atomic E-state index is 12.7. The highest BCUT2D eigenvalue weighted by atomic mass is 32.2. The summed E-state index contributed by atoms with van der Waals surface area (Å²) in [6, 6.07) is 2.01. The van der Waals surface area contributed by atoms with Crippen molar-refractivity contribution in [3.8, 4) is 0 Å². The molecule has 0 amide bonds. The Morgan fingerprint density at radius 1 is 1.55 bits per heavy atom. The average Bonchev–Trinajstić information content (AvgIpc) is 3.13. The molecular formula is C14H23N3O2S. The second-order valence-electron chi connectivity index (χ2n) is 5.47. The predicted molar refractivity (Wildman–Crippen MR) is 79.8 cm³/mol. The van der Waals surface area contributed by atoms with Gasteiger partial charge in [0.25, 0.3) is 0 Å². The Hall–Kier alpha value is -1.11. The van der Waals surface area contributed by atoms with Crippen LogP contribution in [0.15, 0.2) is 29.8 Å². The van der Waals surface area contributed by atoms with Crippen LogP contribution in [0.5, 0.6) is 0 Å². The van der Waals surface area contributed by atoms with Crippen LogP contribution in [0.2, 0.25) is 0 Å². The Balaban J connectivity index is 2.40. The molecule has 1 aromatic heterocycles. The lowest BCUT2D eigenvalue weighted by Crippen LogP contribution is -2.36. The van der Waals surface area contributed by atoms with Crippen LogP contribution in [0, 0.1) is 0 Å². The Kier molecular flexibility index (Phi) is 4.36. The second-order valence-corrected chi connectivity index (χ2v) is 7.36. The van der Waals surface area contributed by atoms with E-state index in [9.17, 15) is 8.42 Å². The third-order valence-electron chi connectivity index (χ3n) is 3.55. The summed E-state index contributed by atoms with van der Waals surface area (Å²) in [6.07, 6.45) is 5.54. The molecular weight excluding hydrogens is 274 g/mol. The average molecular weight is 297 g/mol. The Morgan fingerprint density at radius 2 is 2.20 bits per heavy atom. The van der Waals surface area contributed by atoms with E-state index in [0.717, 1.165) is 18.5 Å². The molecule has 0 bridgehead atoms. The molecule has 0 radical (unpaired) electrons. The molecule has 1 fully saturated rings. The minimum Gasteiger partial charge on any atom is -0.346 e. The summed E-state index contributed by atoms with van der Waals surface area (Å²) in [5, 5.41) is 0. The Morgan fingerprint density at radius 3 is 2.65 bits per heavy atom. The topological polar surface area (TPSA) is 68.3 Å². The third kappa shape index (κ3) is 2.82. The summed E-state index contributed by atoms with van der Waals surface area (Å²) >= 11 is 0. The van der Waals surface area contributed by atoms with Crippen LogP contribution in [-0.4, -0.2) is 29.9 Å². The lowest BCUT2D eigenvalue weighted by atomic mass is 10.4. The van der Waals surface area contributed by atoms with Gasteiger partial charge >= 0.3 is 0 Å². The van der Waals surface area contributed by atoms with Gasteiger partial charge in [-0.15, -0.1) is 6.58 Å². The highest BCUT2D eigenvalue weighted by Gasteiger charge is 2.31. The molecule has 0 saturated heterocycles. The normalized spacial score (nSPS) is 16.1. The number of hydrogen-bond acceptors (Lipinski definition) is 3. The van der Waals surface area contributed by atoms with Gasteiger partial charge in [-0.2, -0.15) is 4.31 Å². The number of sulfonamides is 1. The van der Waals surface area contributed by atoms with Crippen molar-refractivity contribution in [2.45, 2.75) is 50.2 Å². The highest BCUT2D eigenvalue weighted by Crippen LogP contribution is 2.37. The first-order valence-corrected chi connectivity index (χ1v) is 8.39. The van der Waals surface area contributed by atoms with Crippen LogP contribution < -0.4 is 5.73 Å². The van der Waals surface area contributed by atoms with Crippen molar-refractivity contribution in [2.75, 3.05) is 6.54 Å². The minimum absolute atomic E-state index is 0.108. The van der Waals surface area contributed by atoms with E-state index in [-0.39, 0.29) is 6.04 Å². The molecule has 0 aliphatic heterocycles. The maximum Gasteiger partial charge on any atom is 0.245 e. The highest BCUT2D eigenvalue weighted by molar-refractivity contribution is 7.89. The summed E-state index contributed by atoms with van der Waals surface area (Å²) in [7, 11) is -3.49. The van der Waals surface area contributed by atoms with E-state index in [2.05, 4.69) is 6.58 Å². The van der Waals surface area contributed by atoms with Crippen molar-refractivity contribution in [1.29, 1.82) is 0 Å². The summed E-state index contributed by atoms with van der Waals surface area (Å²) in [4.78, 5) is 0.334. The van der Waals surface area contributed by atoms with Crippen molar-refractivity contribution in [3.63, 3.8) is 0 Å². The van der Waals surface area contributed by atoms with Crippen molar-refractivity contribution in [3.05, 3.63) is 30.6 Å². The number of aromatic nitrogens is 1. The molecule has 2 N–H and O–H groups in total. The molecule has 5 nitrogen and oxygen atoms in total. The third-order valence-corrected chi connectivity index (χ3v) is 5.55. The standard InChI is InChI=1S/C14H23N3O2S/c1-4-7-17(11(2)3)20(18,19)14-8-13(9-15)16(10-14)12-5-6-12/h4,8,10-12H,1,5-7,9,15H2,2-3H3. The Labute approximate surface area is 121 Å². The van der Waals surface area contributed by atoms with Gasteiger partial charge in [-0.05, 0) is 32.8 Å². The number of nitrogens with zero attached hydrogens (tertiary/aromatic N) is 2. The molecule has 2 rings (SSSR count). The zero-order valence-electron chi connectivity index (χ0n) is 12.1. The molecule has 0 spiro atoms. The molecule has 0 aromatic carbocycles. The maximum atomic E-state index is 12.7. The van der Waals surface area contributed by atoms with Crippen molar-refractivity contribution >= 4 is 10.0 Å². The first-order valence-electron chi connectivity index (χ1n) is 6.95. The molecule has 1 saturated carbocycles. The van der Waals surface area contributed by atoms with E-state index >= 15 is 0 Å². The molecule has 20 heavy (non-hydrogen) atoms. The molecule has 0 unspecified atom stereocenters. The fourth-order valence-electron chi connectivity index (χ4n) is 2.34. The van der Waals surface area contributed by atoms with Gasteiger partial charge in [0, 0.05) is 37.1 Å². The number of nitrogens with two attached hydrogens (primary N) is 1. The predicted octanol–water partition coefficient (Wildman–Crippen LogP) is 1.87. The van der Waals surface area contributed by atoms with E-state index in [1.54, 1.807) is 18.3 Å². The summed E-state index contributed by atoms with van der Waals surface area (Å²) in [5.41, 5.74) is 6.60. The van der Waals surface area contributed by atoms with Gasteiger partial charge in [-0.25, -0.2) is 8.42 Å². The van der Waals surface area contributed by atoms with Crippen LogP contribution in [-0.2, 0) is 16.6 Å². The van der Waals surface area contributed by atoms with Crippen LogP contribution in [0.3, 0.4) is 0 Å². The number of rotatable bonds is 7. The fraction of sp³-hybridized carbons (Fsp3) is 0.571. The van der Waals surface area contributed by atoms with Crippen molar-refractivity contribution in [2.24, 2.45) is 5.73 Å². The monoisotopic (exact) mass is 297 g/mol. The lowest BCUT2D eigenvalue weighted by Gasteiger charge is -2.23. The van der Waals surface area contributed by atoms with Gasteiger partial charge in [-0.1, -0.05) is 6.08 Å². The first-order chi connectivity index (χ1) is 9.41. The van der Waals surface area contributed by atoms with Crippen LogP contribution >= 0.6 is 0 Å². The first kappa shape index (κ1) is 15.3. The fourth-order valence-corrected chi connectivity index (χ4v) is 4.00. The molecule has 0 atom stereocenters. The van der Waals surface area contributed by atoms with Gasteiger partial charge < -0.3 is 10.3 Å². The smallest absolute Gasteiger partial charge is 0.245 e. The molecule has 1 heterocycles. The molecule has 1 aliphatic carbocycles. The van der Waals surface area contributed by atoms with Gasteiger partial charge in [0.15, 0.2) is 0 Å². The molecule has 112 valence electrons. The van der Waals surface area contributed by atoms with E-state index in [1.165, 1.54) is 4.31 Å². The molecule has 1 aliphatic rings. The van der Waals surface area contributed by atoms with E-state index in [1.807, 2.05) is 18.4 Å². The van der Waals surface area contributed by atoms with Gasteiger partial charge in [0.2, 0.25) is 10.0 Å². The molecule has 1 aromatic rings. The van der Waals surface area contributed by atoms with Crippen LogP contribution in [0.1, 0.15) is 38.4 Å². The summed E-state index contributed by atoms with van der Waals surface area (Å²) in [5.74, 6) is 0. The second kappa shape index (κ2) is 5.71. The molecule has 6 heteroatoms. The lowest BCUT2D eigenvalue weighted by molar-refractivity contribution is 0.383. The van der Waals surface area contributed by atoms with E-state index < -0.39 is 10.0 Å².